The van der Waals surface area contributed by atoms with Gasteiger partial charge in [-0.2, -0.15) is 0 Å². The van der Waals surface area contributed by atoms with Crippen molar-refractivity contribution >= 4 is 27.1 Å². The molecule has 1 aliphatic carbocycles. The number of rotatable bonds is 3. The molecule has 1 aromatic carbocycles. The molecule has 2 heteroatoms. The summed E-state index contributed by atoms with van der Waals surface area (Å²) in [5.74, 6) is 0.942. The molecule has 0 radical (unpaired) electrons. The monoisotopic (exact) mass is 245 g/mol. The molecule has 1 nitrogen and oxygen atoms in total. The highest BCUT2D eigenvalue weighted by molar-refractivity contribution is 7.17. The number of thiophene rings is 1. The van der Waals surface area contributed by atoms with Gasteiger partial charge in [0.15, 0.2) is 0 Å². The van der Waals surface area contributed by atoms with Crippen molar-refractivity contribution in [1.82, 2.24) is 0 Å². The fourth-order valence-corrected chi connectivity index (χ4v) is 3.64. The minimum Gasteiger partial charge on any atom is -0.382 e. The molecule has 1 fully saturated rings. The topological polar surface area (TPSA) is 12.0 Å². The van der Waals surface area contributed by atoms with E-state index in [9.17, 15) is 0 Å². The summed E-state index contributed by atoms with van der Waals surface area (Å²) in [7, 11) is 0. The lowest BCUT2D eigenvalue weighted by molar-refractivity contribution is 0.525. The highest BCUT2D eigenvalue weighted by Gasteiger charge is 2.22. The SMILES string of the molecule is CCC1CCC(Nc2ccc3sccc3c2)C1. The maximum Gasteiger partial charge on any atom is 0.0349 e. The molecule has 3 rings (SSSR count). The molecule has 0 aliphatic heterocycles. The minimum absolute atomic E-state index is 0.691. The zero-order chi connectivity index (χ0) is 11.7. The Morgan fingerprint density at radius 1 is 1.29 bits per heavy atom. The normalized spacial score (nSPS) is 24.3. The number of hydrogen-bond acceptors (Lipinski definition) is 2. The third-order valence-electron chi connectivity index (χ3n) is 3.94. The van der Waals surface area contributed by atoms with Crippen molar-refractivity contribution in [2.24, 2.45) is 5.92 Å². The van der Waals surface area contributed by atoms with Gasteiger partial charge in [0.25, 0.3) is 0 Å². The molecule has 1 saturated carbocycles. The van der Waals surface area contributed by atoms with Crippen molar-refractivity contribution in [3.05, 3.63) is 29.6 Å². The Bertz CT molecular complexity index is 502. The van der Waals surface area contributed by atoms with Gasteiger partial charge in [-0.15, -0.1) is 11.3 Å². The lowest BCUT2D eigenvalue weighted by atomic mass is 10.1. The van der Waals surface area contributed by atoms with Gasteiger partial charge in [0.1, 0.15) is 0 Å². The Balaban J connectivity index is 1.72. The Morgan fingerprint density at radius 3 is 3.06 bits per heavy atom. The first-order valence-corrected chi connectivity index (χ1v) is 7.47. The van der Waals surface area contributed by atoms with Crippen molar-refractivity contribution in [2.45, 2.75) is 38.6 Å². The van der Waals surface area contributed by atoms with E-state index in [2.05, 4.69) is 41.9 Å². The van der Waals surface area contributed by atoms with Gasteiger partial charge in [0.05, 0.1) is 0 Å². The summed E-state index contributed by atoms with van der Waals surface area (Å²) in [6.07, 6.45) is 5.41. The average Bonchev–Trinajstić information content (AvgIpc) is 2.96. The predicted molar refractivity (Wildman–Crippen MR) is 76.9 cm³/mol. The van der Waals surface area contributed by atoms with Gasteiger partial charge in [-0.05, 0) is 60.2 Å². The molecule has 0 bridgehead atoms. The fraction of sp³-hybridized carbons (Fsp3) is 0.467. The molecule has 1 aliphatic rings. The summed E-state index contributed by atoms with van der Waals surface area (Å²) >= 11 is 1.81. The predicted octanol–water partition coefficient (Wildman–Crippen LogP) is 4.89. The molecular formula is C15H19NS. The molecule has 2 atom stereocenters. The highest BCUT2D eigenvalue weighted by atomic mass is 32.1. The summed E-state index contributed by atoms with van der Waals surface area (Å²) in [5, 5.41) is 7.22. The van der Waals surface area contributed by atoms with Gasteiger partial charge in [0, 0.05) is 16.4 Å². The van der Waals surface area contributed by atoms with Crippen LogP contribution >= 0.6 is 11.3 Å². The van der Waals surface area contributed by atoms with Crippen LogP contribution in [0.1, 0.15) is 32.6 Å². The van der Waals surface area contributed by atoms with Crippen LogP contribution in [0.3, 0.4) is 0 Å². The Morgan fingerprint density at radius 2 is 2.24 bits per heavy atom. The van der Waals surface area contributed by atoms with Crippen LogP contribution in [-0.2, 0) is 0 Å². The molecular weight excluding hydrogens is 226 g/mol. The first-order chi connectivity index (χ1) is 8.35. The second-order valence-corrected chi connectivity index (χ2v) is 6.05. The molecule has 90 valence electrons. The van der Waals surface area contributed by atoms with E-state index in [0.29, 0.717) is 6.04 Å². The molecule has 0 amide bonds. The zero-order valence-electron chi connectivity index (χ0n) is 10.3. The Hall–Kier alpha value is -1.02. The Kier molecular flexibility index (Phi) is 3.06. The maximum absolute atomic E-state index is 3.69. The Labute approximate surface area is 107 Å². The van der Waals surface area contributed by atoms with Crippen molar-refractivity contribution < 1.29 is 0 Å². The first kappa shape index (κ1) is 11.1. The standard InChI is InChI=1S/C15H19NS/c1-2-11-3-4-13(9-11)16-14-5-6-15-12(10-14)7-8-17-15/h5-8,10-11,13,16H,2-4,9H2,1H3. The molecule has 17 heavy (non-hydrogen) atoms. The van der Waals surface area contributed by atoms with E-state index in [4.69, 9.17) is 0 Å². The van der Waals surface area contributed by atoms with Crippen molar-refractivity contribution in [2.75, 3.05) is 5.32 Å². The largest absolute Gasteiger partial charge is 0.382 e. The molecule has 2 unspecified atom stereocenters. The molecule has 2 aromatic rings. The van der Waals surface area contributed by atoms with Crippen LogP contribution in [0.25, 0.3) is 10.1 Å². The summed E-state index contributed by atoms with van der Waals surface area (Å²) in [6.45, 7) is 2.31. The second kappa shape index (κ2) is 4.69. The third-order valence-corrected chi connectivity index (χ3v) is 4.84. The summed E-state index contributed by atoms with van der Waals surface area (Å²) in [6, 6.07) is 9.63. The highest BCUT2D eigenvalue weighted by Crippen LogP contribution is 2.31. The fourth-order valence-electron chi connectivity index (χ4n) is 2.87. The molecule has 1 N–H and O–H groups in total. The number of hydrogen-bond donors (Lipinski definition) is 1. The van der Waals surface area contributed by atoms with Gasteiger partial charge in [0.2, 0.25) is 0 Å². The second-order valence-electron chi connectivity index (χ2n) is 5.10. The van der Waals surface area contributed by atoms with Crippen LogP contribution in [0.5, 0.6) is 0 Å². The van der Waals surface area contributed by atoms with E-state index in [0.717, 1.165) is 5.92 Å². The van der Waals surface area contributed by atoms with Gasteiger partial charge in [-0.3, -0.25) is 0 Å². The van der Waals surface area contributed by atoms with Crippen LogP contribution in [0.15, 0.2) is 29.6 Å². The van der Waals surface area contributed by atoms with E-state index >= 15 is 0 Å². The van der Waals surface area contributed by atoms with E-state index in [1.165, 1.54) is 41.5 Å². The van der Waals surface area contributed by atoms with E-state index < -0.39 is 0 Å². The number of anilines is 1. The molecule has 1 heterocycles. The van der Waals surface area contributed by atoms with E-state index in [1.807, 2.05) is 11.3 Å². The van der Waals surface area contributed by atoms with Crippen molar-refractivity contribution in [3.63, 3.8) is 0 Å². The van der Waals surface area contributed by atoms with Crippen LogP contribution in [0.4, 0.5) is 5.69 Å². The number of benzene rings is 1. The number of nitrogens with one attached hydrogen (secondary N) is 1. The molecule has 0 saturated heterocycles. The maximum atomic E-state index is 3.69. The van der Waals surface area contributed by atoms with E-state index in [1.54, 1.807) is 0 Å². The zero-order valence-corrected chi connectivity index (χ0v) is 11.1. The van der Waals surface area contributed by atoms with Gasteiger partial charge < -0.3 is 5.32 Å². The van der Waals surface area contributed by atoms with Gasteiger partial charge >= 0.3 is 0 Å². The quantitative estimate of drug-likeness (QED) is 0.811. The minimum atomic E-state index is 0.691. The average molecular weight is 245 g/mol. The first-order valence-electron chi connectivity index (χ1n) is 6.59. The van der Waals surface area contributed by atoms with Gasteiger partial charge in [-0.25, -0.2) is 0 Å². The van der Waals surface area contributed by atoms with Crippen LogP contribution in [0, 0.1) is 5.92 Å². The van der Waals surface area contributed by atoms with Crippen LogP contribution < -0.4 is 5.32 Å². The summed E-state index contributed by atoms with van der Waals surface area (Å²) < 4.78 is 1.38. The lowest BCUT2D eigenvalue weighted by Crippen LogP contribution is -2.15. The van der Waals surface area contributed by atoms with Crippen LogP contribution in [0.2, 0.25) is 0 Å². The summed E-state index contributed by atoms with van der Waals surface area (Å²) in [4.78, 5) is 0. The number of fused-ring (bicyclic) bond motifs is 1. The molecule has 1 aromatic heterocycles. The third kappa shape index (κ3) is 2.32. The smallest absolute Gasteiger partial charge is 0.0349 e. The van der Waals surface area contributed by atoms with Gasteiger partial charge in [-0.1, -0.05) is 13.3 Å². The lowest BCUT2D eigenvalue weighted by Gasteiger charge is -2.14. The van der Waals surface area contributed by atoms with Crippen molar-refractivity contribution in [1.29, 1.82) is 0 Å². The van der Waals surface area contributed by atoms with E-state index in [-0.39, 0.29) is 0 Å². The molecule has 0 spiro atoms. The van der Waals surface area contributed by atoms with Crippen LogP contribution in [-0.4, -0.2) is 6.04 Å². The van der Waals surface area contributed by atoms with Crippen molar-refractivity contribution in [3.8, 4) is 0 Å². The summed E-state index contributed by atoms with van der Waals surface area (Å²) in [5.41, 5.74) is 1.29.